The van der Waals surface area contributed by atoms with Crippen molar-refractivity contribution >= 4 is 11.6 Å². The number of ketones is 1. The van der Waals surface area contributed by atoms with Crippen LogP contribution in [0.25, 0.3) is 0 Å². The normalized spacial score (nSPS) is 19.0. The Bertz CT molecular complexity index is 1050. The zero-order chi connectivity index (χ0) is 22.7. The molecule has 0 aliphatic carbocycles. The van der Waals surface area contributed by atoms with Gasteiger partial charge in [0.2, 0.25) is 0 Å². The minimum absolute atomic E-state index is 0.109. The van der Waals surface area contributed by atoms with Gasteiger partial charge in [0.25, 0.3) is 0 Å². The first-order chi connectivity index (χ1) is 15.3. The molecule has 1 unspecified atom stereocenters. The van der Waals surface area contributed by atoms with Crippen LogP contribution in [0.4, 0.5) is 19.0 Å². The number of halogens is 3. The fraction of sp³-hybridized carbons (Fsp3) is 0.348. The van der Waals surface area contributed by atoms with Crippen LogP contribution in [0.1, 0.15) is 54.2 Å². The molecule has 0 radical (unpaired) electrons. The summed E-state index contributed by atoms with van der Waals surface area (Å²) in [5, 5.41) is 7.03. The number of aromatic nitrogens is 3. The number of anilines is 1. The van der Waals surface area contributed by atoms with Crippen molar-refractivity contribution in [1.82, 2.24) is 14.8 Å². The Morgan fingerprint density at radius 3 is 2.69 bits per heavy atom. The second-order valence-electron chi connectivity index (χ2n) is 7.83. The third-order valence-electron chi connectivity index (χ3n) is 5.49. The molecule has 0 amide bonds. The highest BCUT2D eigenvalue weighted by Crippen LogP contribution is 2.44. The van der Waals surface area contributed by atoms with Gasteiger partial charge in [-0.25, -0.2) is 4.68 Å². The number of alkyl halides is 3. The molecule has 6 nitrogen and oxygen atoms in total. The summed E-state index contributed by atoms with van der Waals surface area (Å²) in [5.74, 6) is 0.420. The molecule has 1 N–H and O–H groups in total. The fourth-order valence-corrected chi connectivity index (χ4v) is 3.85. The third-order valence-corrected chi connectivity index (χ3v) is 5.49. The van der Waals surface area contributed by atoms with Crippen molar-refractivity contribution in [1.29, 1.82) is 0 Å². The maximum atomic E-state index is 13.8. The summed E-state index contributed by atoms with van der Waals surface area (Å²) < 4.78 is 48.0. The number of ether oxygens (including phenoxy) is 1. The molecule has 0 spiro atoms. The summed E-state index contributed by atoms with van der Waals surface area (Å²) in [6, 6.07) is 10.0. The summed E-state index contributed by atoms with van der Waals surface area (Å²) in [5.41, 5.74) is 0.888. The molecule has 32 heavy (non-hydrogen) atoms. The van der Waals surface area contributed by atoms with Crippen molar-refractivity contribution in [3.05, 3.63) is 72.2 Å². The molecule has 4 rings (SSSR count). The van der Waals surface area contributed by atoms with E-state index in [4.69, 9.17) is 4.74 Å². The number of carbonyl (C=O) groups excluding carboxylic acids is 1. The maximum Gasteiger partial charge on any atom is 0.410 e. The van der Waals surface area contributed by atoms with Gasteiger partial charge in [-0.2, -0.15) is 18.3 Å². The summed E-state index contributed by atoms with van der Waals surface area (Å²) in [6.07, 6.45) is 0.0169. The molecular formula is C23H23F3N4O2. The van der Waals surface area contributed by atoms with Crippen molar-refractivity contribution in [2.24, 2.45) is 0 Å². The number of nitrogens with zero attached hydrogens (tertiary/aromatic N) is 3. The van der Waals surface area contributed by atoms with Gasteiger partial charge in [-0.15, -0.1) is 0 Å². The van der Waals surface area contributed by atoms with Crippen molar-refractivity contribution in [3.63, 3.8) is 0 Å². The minimum atomic E-state index is -4.48. The van der Waals surface area contributed by atoms with Crippen LogP contribution in [-0.4, -0.2) is 32.8 Å². The zero-order valence-electron chi connectivity index (χ0n) is 17.4. The Morgan fingerprint density at radius 1 is 1.22 bits per heavy atom. The van der Waals surface area contributed by atoms with Crippen molar-refractivity contribution in [3.8, 4) is 5.75 Å². The number of Topliss-reactive ketones (excluding diaryl/α,β-unsaturated/α-hetero) is 1. The summed E-state index contributed by atoms with van der Waals surface area (Å²) in [4.78, 5) is 16.9. The standard InChI is InChI=1S/C23H23F3N4O2/c1-15(32-17-8-5-11-27-13-17)9-10-20(31)18-14-28-30-21(23(24,25)26)12-19(29-22(18)30)16-6-3-2-4-7-16/h2-8,11,13-15,19,21,29H,9-10,12H2,1H3/t15?,19-,21+/m1/s1. The molecule has 3 atom stereocenters. The van der Waals surface area contributed by atoms with Gasteiger partial charge < -0.3 is 10.1 Å². The number of fused-ring (bicyclic) bond motifs is 1. The molecule has 0 bridgehead atoms. The average Bonchev–Trinajstić information content (AvgIpc) is 3.21. The molecular weight excluding hydrogens is 421 g/mol. The summed E-state index contributed by atoms with van der Waals surface area (Å²) in [6.45, 7) is 1.83. The number of pyridine rings is 1. The molecule has 168 valence electrons. The van der Waals surface area contributed by atoms with E-state index in [1.807, 2.05) is 13.0 Å². The first-order valence-corrected chi connectivity index (χ1v) is 10.4. The van der Waals surface area contributed by atoms with Gasteiger partial charge in [0.05, 0.1) is 30.1 Å². The lowest BCUT2D eigenvalue weighted by molar-refractivity contribution is -0.173. The molecule has 1 aromatic carbocycles. The van der Waals surface area contributed by atoms with Gasteiger partial charge in [-0.05, 0) is 31.0 Å². The fourth-order valence-electron chi connectivity index (χ4n) is 3.85. The van der Waals surface area contributed by atoms with Crippen molar-refractivity contribution < 1.29 is 22.7 Å². The van der Waals surface area contributed by atoms with Gasteiger partial charge in [0, 0.05) is 19.0 Å². The van der Waals surface area contributed by atoms with E-state index < -0.39 is 18.3 Å². The van der Waals surface area contributed by atoms with Crippen LogP contribution in [0.5, 0.6) is 5.75 Å². The van der Waals surface area contributed by atoms with Crippen LogP contribution in [0, 0.1) is 0 Å². The molecule has 1 aliphatic rings. The molecule has 2 aromatic heterocycles. The third kappa shape index (κ3) is 4.76. The van der Waals surface area contributed by atoms with E-state index in [1.54, 1.807) is 48.8 Å². The van der Waals surface area contributed by atoms with Crippen molar-refractivity contribution in [2.45, 2.75) is 50.6 Å². The molecule has 3 heterocycles. The van der Waals surface area contributed by atoms with Crippen LogP contribution >= 0.6 is 0 Å². The smallest absolute Gasteiger partial charge is 0.410 e. The monoisotopic (exact) mass is 444 g/mol. The highest BCUT2D eigenvalue weighted by molar-refractivity contribution is 6.00. The highest BCUT2D eigenvalue weighted by atomic mass is 19.4. The quantitative estimate of drug-likeness (QED) is 0.496. The van der Waals surface area contributed by atoms with Crippen molar-refractivity contribution in [2.75, 3.05) is 5.32 Å². The number of hydrogen-bond donors (Lipinski definition) is 1. The number of rotatable bonds is 7. The topological polar surface area (TPSA) is 69.0 Å². The van der Waals surface area contributed by atoms with Gasteiger partial charge in [-0.1, -0.05) is 30.3 Å². The van der Waals surface area contributed by atoms with E-state index in [0.717, 1.165) is 10.2 Å². The van der Waals surface area contributed by atoms with Gasteiger partial charge in [0.1, 0.15) is 11.6 Å². The molecule has 0 fully saturated rings. The maximum absolute atomic E-state index is 13.8. The Hall–Kier alpha value is -3.36. The van der Waals surface area contributed by atoms with E-state index in [1.165, 1.54) is 6.20 Å². The van der Waals surface area contributed by atoms with E-state index in [2.05, 4.69) is 15.4 Å². The van der Waals surface area contributed by atoms with Gasteiger partial charge in [-0.3, -0.25) is 9.78 Å². The SMILES string of the molecule is CC(CCC(=O)c1cnn2c1N[C@@H](c1ccccc1)C[C@H]2C(F)(F)F)Oc1cccnc1. The molecule has 1 aliphatic heterocycles. The lowest BCUT2D eigenvalue weighted by Crippen LogP contribution is -2.36. The van der Waals surface area contributed by atoms with Gasteiger partial charge in [0.15, 0.2) is 11.8 Å². The summed E-state index contributed by atoms with van der Waals surface area (Å²) >= 11 is 0. The highest BCUT2D eigenvalue weighted by Gasteiger charge is 2.47. The second-order valence-corrected chi connectivity index (χ2v) is 7.83. The first kappa shape index (κ1) is 21.9. The Labute approximate surface area is 183 Å². The lowest BCUT2D eigenvalue weighted by Gasteiger charge is -2.34. The van der Waals surface area contributed by atoms with Gasteiger partial charge >= 0.3 is 6.18 Å². The average molecular weight is 444 g/mol. The van der Waals surface area contributed by atoms with E-state index in [-0.39, 0.29) is 36.1 Å². The number of nitrogens with one attached hydrogen (secondary N) is 1. The van der Waals surface area contributed by atoms with Crippen LogP contribution < -0.4 is 10.1 Å². The van der Waals surface area contributed by atoms with E-state index in [9.17, 15) is 18.0 Å². The molecule has 3 aromatic rings. The zero-order valence-corrected chi connectivity index (χ0v) is 17.4. The number of benzene rings is 1. The number of hydrogen-bond acceptors (Lipinski definition) is 5. The Morgan fingerprint density at radius 2 is 2.00 bits per heavy atom. The van der Waals surface area contributed by atoms with E-state index in [0.29, 0.717) is 12.2 Å². The predicted octanol–water partition coefficient (Wildman–Crippen LogP) is 5.37. The molecule has 0 saturated carbocycles. The van der Waals surface area contributed by atoms with E-state index >= 15 is 0 Å². The predicted molar refractivity (Wildman–Crippen MR) is 113 cm³/mol. The van der Waals surface area contributed by atoms with Crippen LogP contribution in [0.2, 0.25) is 0 Å². The first-order valence-electron chi connectivity index (χ1n) is 10.4. The molecule has 0 saturated heterocycles. The van der Waals surface area contributed by atoms with Crippen LogP contribution in [0.15, 0.2) is 61.1 Å². The van der Waals surface area contributed by atoms with Crippen LogP contribution in [-0.2, 0) is 0 Å². The summed E-state index contributed by atoms with van der Waals surface area (Å²) in [7, 11) is 0. The molecule has 9 heteroatoms. The number of carbonyl (C=O) groups is 1. The largest absolute Gasteiger partial charge is 0.489 e. The minimum Gasteiger partial charge on any atom is -0.489 e. The Kier molecular flexibility index (Phi) is 6.16. The Balaban J connectivity index is 1.51. The lowest BCUT2D eigenvalue weighted by atomic mass is 9.96. The van der Waals surface area contributed by atoms with Crippen LogP contribution in [0.3, 0.4) is 0 Å². The second kappa shape index (κ2) is 9.02.